The highest BCUT2D eigenvalue weighted by Crippen LogP contribution is 2.35. The maximum Gasteiger partial charge on any atom is 0.119 e. The first-order valence-electron chi connectivity index (χ1n) is 7.13. The number of fused-ring (bicyclic) bond motifs is 1. The van der Waals surface area contributed by atoms with Crippen molar-refractivity contribution in [3.8, 4) is 5.75 Å². The van der Waals surface area contributed by atoms with Crippen LogP contribution in [0.3, 0.4) is 0 Å². The highest BCUT2D eigenvalue weighted by atomic mass is 16.5. The van der Waals surface area contributed by atoms with Gasteiger partial charge in [-0.2, -0.15) is 0 Å². The van der Waals surface area contributed by atoms with Crippen LogP contribution in [0.1, 0.15) is 57.2 Å². The van der Waals surface area contributed by atoms with Crippen molar-refractivity contribution < 1.29 is 4.74 Å². The Morgan fingerprint density at radius 2 is 2.11 bits per heavy atom. The zero-order valence-electron chi connectivity index (χ0n) is 12.0. The molecule has 0 spiro atoms. The summed E-state index contributed by atoms with van der Waals surface area (Å²) in [6, 6.07) is 7.06. The Hall–Kier alpha value is -1.02. The molecular weight excluding hydrogens is 222 g/mol. The Morgan fingerprint density at radius 3 is 2.78 bits per heavy atom. The van der Waals surface area contributed by atoms with Crippen LogP contribution in [0.4, 0.5) is 0 Å². The molecule has 0 fully saturated rings. The minimum atomic E-state index is 0.460. The van der Waals surface area contributed by atoms with Gasteiger partial charge in [-0.15, -0.1) is 0 Å². The molecule has 0 aromatic heterocycles. The maximum atomic E-state index is 5.76. The third-order valence-electron chi connectivity index (χ3n) is 3.71. The zero-order valence-corrected chi connectivity index (χ0v) is 12.0. The summed E-state index contributed by atoms with van der Waals surface area (Å²) in [5, 5.41) is 3.65. The van der Waals surface area contributed by atoms with E-state index in [2.05, 4.69) is 51.2 Å². The predicted octanol–water partition coefficient (Wildman–Crippen LogP) is 3.88. The SMILES string of the molecule is CCCOc1ccc2c(c1)C(C(C)C)NCC2C. The highest BCUT2D eigenvalue weighted by Gasteiger charge is 2.26. The van der Waals surface area contributed by atoms with Crippen molar-refractivity contribution in [3.05, 3.63) is 29.3 Å². The summed E-state index contributed by atoms with van der Waals surface area (Å²) in [5.74, 6) is 2.21. The van der Waals surface area contributed by atoms with E-state index in [1.165, 1.54) is 11.1 Å². The molecule has 0 saturated heterocycles. The topological polar surface area (TPSA) is 21.3 Å². The minimum absolute atomic E-state index is 0.460. The van der Waals surface area contributed by atoms with Gasteiger partial charge in [-0.1, -0.05) is 33.8 Å². The lowest BCUT2D eigenvalue weighted by atomic mass is 9.83. The summed E-state index contributed by atoms with van der Waals surface area (Å²) in [6.45, 7) is 10.8. The van der Waals surface area contributed by atoms with Gasteiger partial charge in [-0.25, -0.2) is 0 Å². The molecular formula is C16H25NO. The van der Waals surface area contributed by atoms with E-state index in [0.717, 1.165) is 25.3 Å². The van der Waals surface area contributed by atoms with Gasteiger partial charge in [-0.05, 0) is 41.5 Å². The smallest absolute Gasteiger partial charge is 0.119 e. The molecule has 1 heterocycles. The van der Waals surface area contributed by atoms with Crippen LogP contribution in [0.15, 0.2) is 18.2 Å². The molecule has 0 bridgehead atoms. The molecule has 0 radical (unpaired) electrons. The average Bonchev–Trinajstić information content (AvgIpc) is 2.36. The van der Waals surface area contributed by atoms with Crippen LogP contribution in [0.25, 0.3) is 0 Å². The molecule has 2 unspecified atom stereocenters. The Bertz CT molecular complexity index is 400. The molecule has 2 atom stereocenters. The summed E-state index contributed by atoms with van der Waals surface area (Å²) >= 11 is 0. The van der Waals surface area contributed by atoms with Crippen molar-refractivity contribution in [1.29, 1.82) is 0 Å². The molecule has 2 nitrogen and oxygen atoms in total. The normalized spacial score (nSPS) is 22.9. The summed E-state index contributed by atoms with van der Waals surface area (Å²) in [4.78, 5) is 0. The Morgan fingerprint density at radius 1 is 1.33 bits per heavy atom. The fourth-order valence-corrected chi connectivity index (χ4v) is 2.70. The number of hydrogen-bond acceptors (Lipinski definition) is 2. The largest absolute Gasteiger partial charge is 0.494 e. The number of benzene rings is 1. The van der Waals surface area contributed by atoms with E-state index in [9.17, 15) is 0 Å². The minimum Gasteiger partial charge on any atom is -0.494 e. The third kappa shape index (κ3) is 2.69. The Labute approximate surface area is 111 Å². The standard InChI is InChI=1S/C16H25NO/c1-5-8-18-13-6-7-14-12(4)10-17-16(11(2)3)15(14)9-13/h6-7,9,11-12,16-17H,5,8,10H2,1-4H3. The highest BCUT2D eigenvalue weighted by molar-refractivity contribution is 5.41. The fourth-order valence-electron chi connectivity index (χ4n) is 2.70. The molecule has 2 heteroatoms. The van der Waals surface area contributed by atoms with Gasteiger partial charge in [0.15, 0.2) is 0 Å². The van der Waals surface area contributed by atoms with Crippen molar-refractivity contribution in [2.45, 2.75) is 46.1 Å². The van der Waals surface area contributed by atoms with E-state index in [0.29, 0.717) is 17.9 Å². The van der Waals surface area contributed by atoms with Crippen molar-refractivity contribution in [3.63, 3.8) is 0 Å². The molecule has 18 heavy (non-hydrogen) atoms. The molecule has 100 valence electrons. The lowest BCUT2D eigenvalue weighted by Crippen LogP contribution is -2.34. The zero-order chi connectivity index (χ0) is 13.1. The van der Waals surface area contributed by atoms with Gasteiger partial charge in [0.25, 0.3) is 0 Å². The number of rotatable bonds is 4. The first-order chi connectivity index (χ1) is 8.63. The second kappa shape index (κ2) is 5.75. The summed E-state index contributed by atoms with van der Waals surface area (Å²) < 4.78 is 5.76. The van der Waals surface area contributed by atoms with Crippen LogP contribution in [0, 0.1) is 5.92 Å². The molecule has 1 aromatic rings. The van der Waals surface area contributed by atoms with Crippen LogP contribution in [-0.4, -0.2) is 13.2 Å². The first kappa shape index (κ1) is 13.4. The average molecular weight is 247 g/mol. The van der Waals surface area contributed by atoms with Gasteiger partial charge in [-0.3, -0.25) is 0 Å². The van der Waals surface area contributed by atoms with Gasteiger partial charge < -0.3 is 10.1 Å². The van der Waals surface area contributed by atoms with Crippen LogP contribution in [0.2, 0.25) is 0 Å². The van der Waals surface area contributed by atoms with E-state index in [4.69, 9.17) is 4.74 Å². The van der Waals surface area contributed by atoms with E-state index in [1.807, 2.05) is 0 Å². The fraction of sp³-hybridized carbons (Fsp3) is 0.625. The lowest BCUT2D eigenvalue weighted by molar-refractivity contribution is 0.314. The second-order valence-corrected chi connectivity index (χ2v) is 5.67. The molecule has 1 aromatic carbocycles. The van der Waals surface area contributed by atoms with Gasteiger partial charge in [0.1, 0.15) is 5.75 Å². The van der Waals surface area contributed by atoms with Crippen molar-refractivity contribution >= 4 is 0 Å². The van der Waals surface area contributed by atoms with Crippen molar-refractivity contribution in [2.75, 3.05) is 13.2 Å². The van der Waals surface area contributed by atoms with Crippen molar-refractivity contribution in [1.82, 2.24) is 5.32 Å². The monoisotopic (exact) mass is 247 g/mol. The predicted molar refractivity (Wildman–Crippen MR) is 76.2 cm³/mol. The third-order valence-corrected chi connectivity index (χ3v) is 3.71. The molecule has 1 aliphatic rings. The molecule has 0 saturated carbocycles. The van der Waals surface area contributed by atoms with Crippen LogP contribution < -0.4 is 10.1 Å². The number of ether oxygens (including phenoxy) is 1. The maximum absolute atomic E-state index is 5.76. The molecule has 2 rings (SSSR count). The van der Waals surface area contributed by atoms with Crippen LogP contribution in [-0.2, 0) is 0 Å². The van der Waals surface area contributed by atoms with Gasteiger partial charge >= 0.3 is 0 Å². The van der Waals surface area contributed by atoms with E-state index >= 15 is 0 Å². The molecule has 1 N–H and O–H groups in total. The Kier molecular flexibility index (Phi) is 4.28. The van der Waals surface area contributed by atoms with Crippen LogP contribution >= 0.6 is 0 Å². The molecule has 1 aliphatic heterocycles. The summed E-state index contributed by atoms with van der Waals surface area (Å²) in [5.41, 5.74) is 2.91. The second-order valence-electron chi connectivity index (χ2n) is 5.67. The van der Waals surface area contributed by atoms with E-state index in [1.54, 1.807) is 0 Å². The quantitative estimate of drug-likeness (QED) is 0.872. The Balaban J connectivity index is 2.30. The van der Waals surface area contributed by atoms with Gasteiger partial charge in [0.05, 0.1) is 6.61 Å². The van der Waals surface area contributed by atoms with Gasteiger partial charge in [0, 0.05) is 12.6 Å². The van der Waals surface area contributed by atoms with E-state index < -0.39 is 0 Å². The van der Waals surface area contributed by atoms with Gasteiger partial charge in [0.2, 0.25) is 0 Å². The summed E-state index contributed by atoms with van der Waals surface area (Å²) in [7, 11) is 0. The van der Waals surface area contributed by atoms with E-state index in [-0.39, 0.29) is 0 Å². The first-order valence-corrected chi connectivity index (χ1v) is 7.13. The van der Waals surface area contributed by atoms with Crippen molar-refractivity contribution in [2.24, 2.45) is 5.92 Å². The molecule has 0 aliphatic carbocycles. The lowest BCUT2D eigenvalue weighted by Gasteiger charge is -2.33. The number of nitrogens with one attached hydrogen (secondary N) is 1. The van der Waals surface area contributed by atoms with Crippen LogP contribution in [0.5, 0.6) is 5.75 Å². The summed E-state index contributed by atoms with van der Waals surface area (Å²) in [6.07, 6.45) is 1.05. The number of hydrogen-bond donors (Lipinski definition) is 1. The molecule has 0 amide bonds.